The number of hydrogen-bond donors (Lipinski definition) is 1. The van der Waals surface area contributed by atoms with E-state index in [1.165, 1.54) is 0 Å². The van der Waals surface area contributed by atoms with Crippen molar-refractivity contribution in [3.63, 3.8) is 0 Å². The highest BCUT2D eigenvalue weighted by atomic mass is 35.5. The van der Waals surface area contributed by atoms with Crippen LogP contribution in [0, 0.1) is 12.3 Å². The molecule has 0 aliphatic carbocycles. The van der Waals surface area contributed by atoms with Crippen molar-refractivity contribution in [2.24, 2.45) is 0 Å². The highest BCUT2D eigenvalue weighted by Gasteiger charge is 2.25. The molecule has 0 radical (unpaired) electrons. The van der Waals surface area contributed by atoms with Gasteiger partial charge in [0.05, 0.1) is 10.6 Å². The molecule has 1 rings (SSSR count). The summed E-state index contributed by atoms with van der Waals surface area (Å²) in [6.45, 7) is 5.32. The Hall–Kier alpha value is -1.37. The molecule has 0 aliphatic heterocycles. The minimum Gasteiger partial charge on any atom is -0.479 e. The number of amides is 1. The van der Waals surface area contributed by atoms with Crippen LogP contribution < -0.4 is 10.1 Å². The normalized spacial score (nSPS) is 14.8. The van der Waals surface area contributed by atoms with Crippen molar-refractivity contribution in [1.29, 1.82) is 0 Å². The van der Waals surface area contributed by atoms with Crippen LogP contribution >= 0.6 is 23.2 Å². The SMILES string of the molecule is C#C[C@@](C)(CC)NC(=O)[C@H](C)Oc1ccc(Cl)cc1Cl. The van der Waals surface area contributed by atoms with Gasteiger partial charge in [-0.05, 0) is 38.5 Å². The molecular weight excluding hydrogens is 297 g/mol. The second-order valence-electron chi connectivity index (χ2n) is 4.65. The van der Waals surface area contributed by atoms with Gasteiger partial charge < -0.3 is 10.1 Å². The summed E-state index contributed by atoms with van der Waals surface area (Å²) in [4.78, 5) is 12.1. The van der Waals surface area contributed by atoms with Crippen LogP contribution in [0.15, 0.2) is 18.2 Å². The molecule has 1 aromatic rings. The number of halogens is 2. The van der Waals surface area contributed by atoms with E-state index in [9.17, 15) is 4.79 Å². The highest BCUT2D eigenvalue weighted by Crippen LogP contribution is 2.28. The average Bonchev–Trinajstić information content (AvgIpc) is 2.41. The highest BCUT2D eigenvalue weighted by molar-refractivity contribution is 6.35. The molecule has 5 heteroatoms. The van der Waals surface area contributed by atoms with Gasteiger partial charge >= 0.3 is 0 Å². The smallest absolute Gasteiger partial charge is 0.261 e. The molecule has 2 atom stereocenters. The van der Waals surface area contributed by atoms with Crippen LogP contribution in [0.3, 0.4) is 0 Å². The van der Waals surface area contributed by atoms with Crippen LogP contribution in [0.25, 0.3) is 0 Å². The first-order chi connectivity index (χ1) is 9.31. The third-order valence-electron chi connectivity index (χ3n) is 2.99. The van der Waals surface area contributed by atoms with E-state index in [1.54, 1.807) is 32.0 Å². The van der Waals surface area contributed by atoms with E-state index in [0.717, 1.165) is 0 Å². The molecule has 1 amide bonds. The van der Waals surface area contributed by atoms with E-state index in [-0.39, 0.29) is 5.91 Å². The largest absolute Gasteiger partial charge is 0.479 e. The first-order valence-electron chi connectivity index (χ1n) is 6.23. The summed E-state index contributed by atoms with van der Waals surface area (Å²) in [6, 6.07) is 4.82. The maximum Gasteiger partial charge on any atom is 0.261 e. The molecule has 3 nitrogen and oxygen atoms in total. The van der Waals surface area contributed by atoms with E-state index >= 15 is 0 Å². The molecule has 108 valence electrons. The number of nitrogens with one attached hydrogen (secondary N) is 1. The van der Waals surface area contributed by atoms with E-state index < -0.39 is 11.6 Å². The van der Waals surface area contributed by atoms with Crippen molar-refractivity contribution in [1.82, 2.24) is 5.32 Å². The van der Waals surface area contributed by atoms with Gasteiger partial charge in [0.15, 0.2) is 6.10 Å². The van der Waals surface area contributed by atoms with Gasteiger partial charge in [0.1, 0.15) is 5.75 Å². The second kappa shape index (κ2) is 6.88. The lowest BCUT2D eigenvalue weighted by Crippen LogP contribution is -2.49. The Kier molecular flexibility index (Phi) is 5.74. The van der Waals surface area contributed by atoms with Crippen molar-refractivity contribution in [2.45, 2.75) is 38.8 Å². The van der Waals surface area contributed by atoms with E-state index in [2.05, 4.69) is 11.2 Å². The molecule has 0 heterocycles. The summed E-state index contributed by atoms with van der Waals surface area (Å²) in [5, 5.41) is 3.63. The fourth-order valence-corrected chi connectivity index (χ4v) is 1.87. The fourth-order valence-electron chi connectivity index (χ4n) is 1.41. The zero-order valence-corrected chi connectivity index (χ0v) is 13.2. The van der Waals surface area contributed by atoms with Crippen LogP contribution in [-0.4, -0.2) is 17.6 Å². The molecule has 0 unspecified atom stereocenters. The van der Waals surface area contributed by atoms with E-state index in [0.29, 0.717) is 22.2 Å². The number of carbonyl (C=O) groups excluding carboxylic acids is 1. The monoisotopic (exact) mass is 313 g/mol. The number of rotatable bonds is 5. The Morgan fingerprint density at radius 1 is 1.55 bits per heavy atom. The number of terminal acetylenes is 1. The van der Waals surface area contributed by atoms with Crippen LogP contribution in [0.2, 0.25) is 10.0 Å². The molecule has 0 aliphatic rings. The van der Waals surface area contributed by atoms with Crippen molar-refractivity contribution in [2.75, 3.05) is 0 Å². The Bertz CT molecular complexity index is 539. The lowest BCUT2D eigenvalue weighted by atomic mass is 10.00. The molecule has 1 aromatic carbocycles. The van der Waals surface area contributed by atoms with Gasteiger partial charge in [0.25, 0.3) is 5.91 Å². The predicted molar refractivity (Wildman–Crippen MR) is 82.2 cm³/mol. The maximum absolute atomic E-state index is 12.1. The molecule has 0 saturated carbocycles. The molecule has 0 saturated heterocycles. The summed E-state index contributed by atoms with van der Waals surface area (Å²) >= 11 is 11.8. The number of benzene rings is 1. The maximum atomic E-state index is 12.1. The van der Waals surface area contributed by atoms with Crippen molar-refractivity contribution < 1.29 is 9.53 Å². The number of hydrogen-bond acceptors (Lipinski definition) is 2. The molecule has 0 bridgehead atoms. The van der Waals surface area contributed by atoms with Gasteiger partial charge in [0.2, 0.25) is 0 Å². The molecule has 1 N–H and O–H groups in total. The average molecular weight is 314 g/mol. The fraction of sp³-hybridized carbons (Fsp3) is 0.400. The van der Waals surface area contributed by atoms with Gasteiger partial charge in [0, 0.05) is 5.02 Å². The van der Waals surface area contributed by atoms with Crippen LogP contribution in [0.1, 0.15) is 27.2 Å². The Balaban J connectivity index is 2.74. The molecule has 0 fully saturated rings. The summed E-state index contributed by atoms with van der Waals surface area (Å²) in [5.74, 6) is 2.67. The molecule has 0 aromatic heterocycles. The number of carbonyl (C=O) groups is 1. The van der Waals surface area contributed by atoms with Gasteiger partial charge in [-0.15, -0.1) is 6.42 Å². The van der Waals surface area contributed by atoms with E-state index in [4.69, 9.17) is 34.4 Å². The van der Waals surface area contributed by atoms with Crippen molar-refractivity contribution in [3.05, 3.63) is 28.2 Å². The minimum atomic E-state index is -0.715. The van der Waals surface area contributed by atoms with Gasteiger partial charge in [-0.1, -0.05) is 36.0 Å². The zero-order chi connectivity index (χ0) is 15.3. The van der Waals surface area contributed by atoms with Crippen LogP contribution in [0.5, 0.6) is 5.75 Å². The van der Waals surface area contributed by atoms with Crippen LogP contribution in [0.4, 0.5) is 0 Å². The topological polar surface area (TPSA) is 38.3 Å². The van der Waals surface area contributed by atoms with E-state index in [1.807, 2.05) is 6.92 Å². The number of ether oxygens (including phenoxy) is 1. The van der Waals surface area contributed by atoms with Crippen molar-refractivity contribution in [3.8, 4) is 18.1 Å². The lowest BCUT2D eigenvalue weighted by Gasteiger charge is -2.25. The molecule has 20 heavy (non-hydrogen) atoms. The quantitative estimate of drug-likeness (QED) is 0.842. The third-order valence-corrected chi connectivity index (χ3v) is 3.52. The lowest BCUT2D eigenvalue weighted by molar-refractivity contribution is -0.128. The van der Waals surface area contributed by atoms with Crippen LogP contribution in [-0.2, 0) is 4.79 Å². The Morgan fingerprint density at radius 2 is 2.20 bits per heavy atom. The van der Waals surface area contributed by atoms with Crippen molar-refractivity contribution >= 4 is 29.1 Å². The Morgan fingerprint density at radius 3 is 2.70 bits per heavy atom. The summed E-state index contributed by atoms with van der Waals surface area (Å²) in [6.07, 6.45) is 5.33. The Labute approximate surface area is 129 Å². The standard InChI is InChI=1S/C15H17Cl2NO2/c1-5-15(4,6-2)18-14(19)10(3)20-13-8-7-11(16)9-12(13)17/h1,7-10H,6H2,2-4H3,(H,18,19)/t10-,15-/m0/s1. The summed E-state index contributed by atoms with van der Waals surface area (Å²) in [5.41, 5.74) is -0.682. The first-order valence-corrected chi connectivity index (χ1v) is 6.98. The third kappa shape index (κ3) is 4.33. The van der Waals surface area contributed by atoms with Gasteiger partial charge in [-0.25, -0.2) is 0 Å². The minimum absolute atomic E-state index is 0.293. The predicted octanol–water partition coefficient (Wildman–Crippen LogP) is 3.68. The molecule has 0 spiro atoms. The van der Waals surface area contributed by atoms with Gasteiger partial charge in [-0.3, -0.25) is 4.79 Å². The second-order valence-corrected chi connectivity index (χ2v) is 5.50. The first kappa shape index (κ1) is 16.7. The van der Waals surface area contributed by atoms with Gasteiger partial charge in [-0.2, -0.15) is 0 Å². The molecular formula is C15H17Cl2NO2. The zero-order valence-electron chi connectivity index (χ0n) is 11.7. The summed E-state index contributed by atoms with van der Waals surface area (Å²) < 4.78 is 5.53. The summed E-state index contributed by atoms with van der Waals surface area (Å²) in [7, 11) is 0.